The Bertz CT molecular complexity index is 872. The van der Waals surface area contributed by atoms with Gasteiger partial charge in [-0.1, -0.05) is 72.3 Å². The summed E-state index contributed by atoms with van der Waals surface area (Å²) in [5.41, 5.74) is 4.46. The van der Waals surface area contributed by atoms with Gasteiger partial charge in [0, 0.05) is 6.42 Å². The number of hydrogen-bond acceptors (Lipinski definition) is 2. The summed E-state index contributed by atoms with van der Waals surface area (Å²) >= 11 is 0. The standard InChI is InChI=1S/C24H25NO2/c1-18-11-14-21(15-12-18)24(20-8-4-3-5-9-20)25-23(26)16-13-19-7-6-10-22(17-19)27-2/h3-12,14-15,17,24H,13,16H2,1-2H3,(H,25,26). The van der Waals surface area contributed by atoms with Crippen molar-refractivity contribution in [1.82, 2.24) is 5.32 Å². The van der Waals surface area contributed by atoms with E-state index in [9.17, 15) is 4.79 Å². The van der Waals surface area contributed by atoms with Crippen LogP contribution in [-0.4, -0.2) is 13.0 Å². The van der Waals surface area contributed by atoms with E-state index in [4.69, 9.17) is 4.74 Å². The van der Waals surface area contributed by atoms with E-state index in [1.165, 1.54) is 5.56 Å². The quantitative estimate of drug-likeness (QED) is 0.655. The van der Waals surface area contributed by atoms with Crippen LogP contribution >= 0.6 is 0 Å². The van der Waals surface area contributed by atoms with Gasteiger partial charge in [-0.25, -0.2) is 0 Å². The molecular weight excluding hydrogens is 334 g/mol. The summed E-state index contributed by atoms with van der Waals surface area (Å²) in [6.45, 7) is 2.06. The van der Waals surface area contributed by atoms with Crippen LogP contribution in [0.25, 0.3) is 0 Å². The Kier molecular flexibility index (Phi) is 6.26. The molecule has 0 aromatic heterocycles. The number of ether oxygens (including phenoxy) is 1. The number of hydrogen-bond donors (Lipinski definition) is 1. The molecule has 0 aliphatic heterocycles. The molecule has 1 atom stereocenters. The molecule has 138 valence electrons. The van der Waals surface area contributed by atoms with Crippen molar-refractivity contribution in [2.45, 2.75) is 25.8 Å². The molecule has 3 heteroatoms. The van der Waals surface area contributed by atoms with Gasteiger partial charge in [0.25, 0.3) is 0 Å². The van der Waals surface area contributed by atoms with Crippen molar-refractivity contribution >= 4 is 5.91 Å². The highest BCUT2D eigenvalue weighted by Gasteiger charge is 2.16. The number of benzene rings is 3. The van der Waals surface area contributed by atoms with Crippen LogP contribution in [-0.2, 0) is 11.2 Å². The van der Waals surface area contributed by atoms with Crippen LogP contribution in [0.4, 0.5) is 0 Å². The third-order valence-electron chi connectivity index (χ3n) is 4.62. The second-order valence-electron chi connectivity index (χ2n) is 6.67. The fourth-order valence-corrected chi connectivity index (χ4v) is 3.08. The van der Waals surface area contributed by atoms with E-state index >= 15 is 0 Å². The van der Waals surface area contributed by atoms with Gasteiger partial charge in [-0.3, -0.25) is 4.79 Å². The smallest absolute Gasteiger partial charge is 0.221 e. The highest BCUT2D eigenvalue weighted by molar-refractivity contribution is 5.77. The number of carbonyl (C=O) groups is 1. The number of rotatable bonds is 7. The van der Waals surface area contributed by atoms with Crippen LogP contribution in [0.15, 0.2) is 78.9 Å². The lowest BCUT2D eigenvalue weighted by Gasteiger charge is -2.20. The Labute approximate surface area is 161 Å². The van der Waals surface area contributed by atoms with Gasteiger partial charge in [0.2, 0.25) is 5.91 Å². The van der Waals surface area contributed by atoms with Crippen LogP contribution in [0.1, 0.15) is 34.7 Å². The van der Waals surface area contributed by atoms with E-state index in [-0.39, 0.29) is 11.9 Å². The molecule has 0 spiro atoms. The average molecular weight is 359 g/mol. The lowest BCUT2D eigenvalue weighted by atomic mass is 9.97. The first-order chi connectivity index (χ1) is 13.2. The van der Waals surface area contributed by atoms with E-state index in [0.717, 1.165) is 22.4 Å². The van der Waals surface area contributed by atoms with Gasteiger partial charge in [0.15, 0.2) is 0 Å². The molecule has 0 heterocycles. The molecule has 0 bridgehead atoms. The zero-order valence-corrected chi connectivity index (χ0v) is 15.8. The minimum atomic E-state index is -0.149. The lowest BCUT2D eigenvalue weighted by Crippen LogP contribution is -2.29. The van der Waals surface area contributed by atoms with E-state index in [0.29, 0.717) is 12.8 Å². The van der Waals surface area contributed by atoms with Gasteiger partial charge in [0.1, 0.15) is 5.75 Å². The maximum Gasteiger partial charge on any atom is 0.221 e. The number of carbonyl (C=O) groups excluding carboxylic acids is 1. The zero-order chi connectivity index (χ0) is 19.1. The SMILES string of the molecule is COc1cccc(CCC(=O)NC(c2ccccc2)c2ccc(C)cc2)c1. The second-order valence-corrected chi connectivity index (χ2v) is 6.67. The molecule has 1 amide bonds. The molecule has 3 rings (SSSR count). The molecule has 0 aliphatic rings. The van der Waals surface area contributed by atoms with Crippen LogP contribution < -0.4 is 10.1 Å². The maximum absolute atomic E-state index is 12.7. The number of methoxy groups -OCH3 is 1. The number of aryl methyl sites for hydroxylation is 2. The van der Waals surface area contributed by atoms with Crippen LogP contribution in [0.5, 0.6) is 5.75 Å². The highest BCUT2D eigenvalue weighted by atomic mass is 16.5. The van der Waals surface area contributed by atoms with Crippen molar-refractivity contribution in [3.05, 3.63) is 101 Å². The third kappa shape index (κ3) is 5.20. The van der Waals surface area contributed by atoms with Crippen molar-refractivity contribution in [3.8, 4) is 5.75 Å². The Hall–Kier alpha value is -3.07. The number of amides is 1. The molecule has 0 saturated carbocycles. The molecule has 1 N–H and O–H groups in total. The Balaban J connectivity index is 1.71. The monoisotopic (exact) mass is 359 g/mol. The average Bonchev–Trinajstić information content (AvgIpc) is 2.72. The topological polar surface area (TPSA) is 38.3 Å². The summed E-state index contributed by atoms with van der Waals surface area (Å²) < 4.78 is 5.25. The van der Waals surface area contributed by atoms with Gasteiger partial charge >= 0.3 is 0 Å². The minimum Gasteiger partial charge on any atom is -0.497 e. The largest absolute Gasteiger partial charge is 0.497 e. The molecule has 3 aromatic carbocycles. The molecule has 1 unspecified atom stereocenters. The summed E-state index contributed by atoms with van der Waals surface area (Å²) in [6, 6.07) is 26.1. The summed E-state index contributed by atoms with van der Waals surface area (Å²) in [5, 5.41) is 3.20. The first-order valence-electron chi connectivity index (χ1n) is 9.19. The Morgan fingerprint density at radius 3 is 2.33 bits per heavy atom. The van der Waals surface area contributed by atoms with Gasteiger partial charge in [-0.15, -0.1) is 0 Å². The van der Waals surface area contributed by atoms with Gasteiger partial charge in [-0.2, -0.15) is 0 Å². The predicted molar refractivity (Wildman–Crippen MR) is 109 cm³/mol. The molecule has 3 nitrogen and oxygen atoms in total. The van der Waals surface area contributed by atoms with Gasteiger partial charge < -0.3 is 10.1 Å². The summed E-state index contributed by atoms with van der Waals surface area (Å²) in [4.78, 5) is 12.7. The summed E-state index contributed by atoms with van der Waals surface area (Å²) in [6.07, 6.45) is 1.11. The Morgan fingerprint density at radius 1 is 0.926 bits per heavy atom. The maximum atomic E-state index is 12.7. The molecular formula is C24H25NO2. The van der Waals surface area contributed by atoms with Crippen molar-refractivity contribution < 1.29 is 9.53 Å². The normalized spacial score (nSPS) is 11.6. The van der Waals surface area contributed by atoms with Gasteiger partial charge in [0.05, 0.1) is 13.2 Å². The Morgan fingerprint density at radius 2 is 1.63 bits per heavy atom. The van der Waals surface area contributed by atoms with Crippen molar-refractivity contribution in [2.75, 3.05) is 7.11 Å². The van der Waals surface area contributed by atoms with Crippen molar-refractivity contribution in [1.29, 1.82) is 0 Å². The third-order valence-corrected chi connectivity index (χ3v) is 4.62. The van der Waals surface area contributed by atoms with Gasteiger partial charge in [-0.05, 0) is 42.2 Å². The first-order valence-corrected chi connectivity index (χ1v) is 9.19. The van der Waals surface area contributed by atoms with Crippen molar-refractivity contribution in [3.63, 3.8) is 0 Å². The van der Waals surface area contributed by atoms with E-state index in [2.05, 4.69) is 36.5 Å². The van der Waals surface area contributed by atoms with Crippen LogP contribution in [0, 0.1) is 6.92 Å². The molecule has 0 aliphatic carbocycles. The lowest BCUT2D eigenvalue weighted by molar-refractivity contribution is -0.121. The number of nitrogens with one attached hydrogen (secondary N) is 1. The predicted octanol–water partition coefficient (Wildman–Crippen LogP) is 4.84. The van der Waals surface area contributed by atoms with E-state index in [1.54, 1.807) is 7.11 Å². The van der Waals surface area contributed by atoms with E-state index < -0.39 is 0 Å². The molecule has 0 radical (unpaired) electrons. The fourth-order valence-electron chi connectivity index (χ4n) is 3.08. The molecule has 0 saturated heterocycles. The first kappa shape index (κ1) is 18.7. The minimum absolute atomic E-state index is 0.0345. The van der Waals surface area contributed by atoms with E-state index in [1.807, 2.05) is 54.6 Å². The summed E-state index contributed by atoms with van der Waals surface area (Å²) in [5.74, 6) is 0.849. The van der Waals surface area contributed by atoms with Crippen LogP contribution in [0.2, 0.25) is 0 Å². The van der Waals surface area contributed by atoms with Crippen LogP contribution in [0.3, 0.4) is 0 Å². The summed E-state index contributed by atoms with van der Waals surface area (Å²) in [7, 11) is 1.65. The fraction of sp³-hybridized carbons (Fsp3) is 0.208. The zero-order valence-electron chi connectivity index (χ0n) is 15.8. The highest BCUT2D eigenvalue weighted by Crippen LogP contribution is 2.23. The molecule has 3 aromatic rings. The second kappa shape index (κ2) is 9.04. The van der Waals surface area contributed by atoms with Crippen molar-refractivity contribution in [2.24, 2.45) is 0 Å². The molecule has 27 heavy (non-hydrogen) atoms. The molecule has 0 fully saturated rings.